The fourth-order valence-electron chi connectivity index (χ4n) is 3.12. The Morgan fingerprint density at radius 1 is 1.35 bits per heavy atom. The van der Waals surface area contributed by atoms with Gasteiger partial charge in [0.2, 0.25) is 0 Å². The molecule has 0 radical (unpaired) electrons. The molecule has 0 bridgehead atoms. The summed E-state index contributed by atoms with van der Waals surface area (Å²) in [5.41, 5.74) is 1.54. The van der Waals surface area contributed by atoms with Gasteiger partial charge in [-0.1, -0.05) is 11.6 Å². The van der Waals surface area contributed by atoms with E-state index in [1.54, 1.807) is 6.07 Å². The van der Waals surface area contributed by atoms with E-state index in [0.29, 0.717) is 17.0 Å². The van der Waals surface area contributed by atoms with Crippen molar-refractivity contribution in [3.63, 3.8) is 0 Å². The number of carbonyl (C=O) groups excluding carboxylic acids is 1. The van der Waals surface area contributed by atoms with E-state index < -0.39 is 5.82 Å². The van der Waals surface area contributed by atoms with Crippen LogP contribution < -0.4 is 10.1 Å². The second kappa shape index (κ2) is 7.52. The summed E-state index contributed by atoms with van der Waals surface area (Å²) in [4.78, 5) is 16.2. The lowest BCUT2D eigenvalue weighted by Crippen LogP contribution is -2.41. The second-order valence-electron chi connectivity index (χ2n) is 6.20. The Hall–Kier alpha value is -1.67. The molecule has 2 aromatic rings. The van der Waals surface area contributed by atoms with E-state index in [-0.39, 0.29) is 23.3 Å². The molecular formula is C18H18ClFN2O3S. The maximum atomic E-state index is 14.1. The number of morpholine rings is 1. The summed E-state index contributed by atoms with van der Waals surface area (Å²) in [6.07, 6.45) is 0. The topological polar surface area (TPSA) is 50.8 Å². The lowest BCUT2D eigenvalue weighted by atomic mass is 10.1. The van der Waals surface area contributed by atoms with Crippen molar-refractivity contribution in [2.24, 2.45) is 0 Å². The number of amides is 1. The first-order valence-electron chi connectivity index (χ1n) is 8.45. The molecule has 0 spiro atoms. The fourth-order valence-corrected chi connectivity index (χ4v) is 4.37. The quantitative estimate of drug-likeness (QED) is 0.862. The van der Waals surface area contributed by atoms with Crippen LogP contribution in [0, 0.1) is 5.82 Å². The Balaban J connectivity index is 1.45. The summed E-state index contributed by atoms with van der Waals surface area (Å²) in [6.45, 7) is 4.89. The molecule has 1 aromatic heterocycles. The van der Waals surface area contributed by atoms with E-state index in [4.69, 9.17) is 21.1 Å². The minimum absolute atomic E-state index is 0.0323. The number of fused-ring (bicyclic) bond motifs is 3. The molecule has 0 aliphatic carbocycles. The molecule has 1 saturated heterocycles. The van der Waals surface area contributed by atoms with Crippen molar-refractivity contribution in [2.75, 3.05) is 39.4 Å². The van der Waals surface area contributed by atoms with Gasteiger partial charge in [-0.2, -0.15) is 0 Å². The number of rotatable bonds is 4. The van der Waals surface area contributed by atoms with Gasteiger partial charge in [-0.3, -0.25) is 9.69 Å². The molecule has 2 aliphatic heterocycles. The molecular weight excluding hydrogens is 379 g/mol. The lowest BCUT2D eigenvalue weighted by molar-refractivity contribution is 0.0383. The maximum Gasteiger partial charge on any atom is 0.261 e. The van der Waals surface area contributed by atoms with Crippen LogP contribution in [0.2, 0.25) is 5.02 Å². The van der Waals surface area contributed by atoms with Gasteiger partial charge in [-0.15, -0.1) is 11.3 Å². The van der Waals surface area contributed by atoms with Gasteiger partial charge in [0.05, 0.1) is 23.1 Å². The first-order valence-corrected chi connectivity index (χ1v) is 9.65. The number of benzene rings is 1. The Kier molecular flexibility index (Phi) is 5.13. The Morgan fingerprint density at radius 3 is 2.96 bits per heavy atom. The standard InChI is InChI=1S/C18H18ClFN2O3S/c19-13-2-1-12-16(15(13)20)25-10-11-9-14(26-17(11)12)18(23)21-3-4-22-5-7-24-8-6-22/h1-2,9H,3-8,10H2,(H,21,23). The zero-order chi connectivity index (χ0) is 18.1. The van der Waals surface area contributed by atoms with E-state index in [1.165, 1.54) is 17.4 Å². The molecule has 1 N–H and O–H groups in total. The first-order chi connectivity index (χ1) is 12.6. The van der Waals surface area contributed by atoms with Crippen molar-refractivity contribution in [2.45, 2.75) is 6.61 Å². The van der Waals surface area contributed by atoms with Crippen LogP contribution in [-0.2, 0) is 11.3 Å². The summed E-state index contributed by atoms with van der Waals surface area (Å²) in [6, 6.07) is 5.06. The third kappa shape index (κ3) is 3.44. The van der Waals surface area contributed by atoms with Crippen LogP contribution in [0.5, 0.6) is 5.75 Å². The van der Waals surface area contributed by atoms with Gasteiger partial charge in [-0.05, 0) is 18.2 Å². The highest BCUT2D eigenvalue weighted by Gasteiger charge is 2.26. The largest absolute Gasteiger partial charge is 0.485 e. The molecule has 1 aromatic carbocycles. The monoisotopic (exact) mass is 396 g/mol. The minimum Gasteiger partial charge on any atom is -0.485 e. The normalized spacial score (nSPS) is 16.5. The smallest absolute Gasteiger partial charge is 0.261 e. The van der Waals surface area contributed by atoms with Gasteiger partial charge in [0, 0.05) is 42.2 Å². The number of hydrogen-bond acceptors (Lipinski definition) is 5. The van der Waals surface area contributed by atoms with Crippen LogP contribution >= 0.6 is 22.9 Å². The number of ether oxygens (including phenoxy) is 2. The molecule has 5 nitrogen and oxygen atoms in total. The van der Waals surface area contributed by atoms with E-state index in [1.807, 2.05) is 6.07 Å². The van der Waals surface area contributed by atoms with Crippen LogP contribution in [0.25, 0.3) is 10.4 Å². The number of hydrogen-bond donors (Lipinski definition) is 1. The van der Waals surface area contributed by atoms with Crippen molar-refractivity contribution < 1.29 is 18.7 Å². The van der Waals surface area contributed by atoms with Gasteiger partial charge in [0.15, 0.2) is 11.6 Å². The summed E-state index contributed by atoms with van der Waals surface area (Å²) in [5.74, 6) is -0.514. The summed E-state index contributed by atoms with van der Waals surface area (Å²) in [7, 11) is 0. The van der Waals surface area contributed by atoms with Gasteiger partial charge in [-0.25, -0.2) is 4.39 Å². The predicted octanol–water partition coefficient (Wildman–Crippen LogP) is 3.16. The zero-order valence-electron chi connectivity index (χ0n) is 14.0. The average Bonchev–Trinajstić information content (AvgIpc) is 3.10. The number of halogens is 2. The number of carbonyl (C=O) groups is 1. The van der Waals surface area contributed by atoms with Crippen LogP contribution in [0.1, 0.15) is 15.2 Å². The first kappa shape index (κ1) is 17.7. The Bertz CT molecular complexity index is 836. The Labute approximate surface area is 159 Å². The number of nitrogens with one attached hydrogen (secondary N) is 1. The summed E-state index contributed by atoms with van der Waals surface area (Å²) in [5, 5.41) is 2.99. The van der Waals surface area contributed by atoms with Gasteiger partial charge < -0.3 is 14.8 Å². The predicted molar refractivity (Wildman–Crippen MR) is 98.6 cm³/mol. The lowest BCUT2D eigenvalue weighted by Gasteiger charge is -2.26. The van der Waals surface area contributed by atoms with E-state index in [0.717, 1.165) is 43.3 Å². The third-order valence-corrected chi connectivity index (χ3v) is 6.02. The minimum atomic E-state index is -0.556. The number of nitrogens with zero attached hydrogens (tertiary/aromatic N) is 1. The third-order valence-electron chi connectivity index (χ3n) is 4.52. The van der Waals surface area contributed by atoms with Crippen LogP contribution in [0.3, 0.4) is 0 Å². The summed E-state index contributed by atoms with van der Waals surface area (Å²) >= 11 is 7.17. The molecule has 1 amide bonds. The molecule has 4 rings (SSSR count). The highest BCUT2D eigenvalue weighted by Crippen LogP contribution is 2.45. The van der Waals surface area contributed by atoms with Crippen molar-refractivity contribution >= 4 is 28.8 Å². The van der Waals surface area contributed by atoms with Crippen molar-refractivity contribution in [3.8, 4) is 16.2 Å². The van der Waals surface area contributed by atoms with Gasteiger partial charge in [0.25, 0.3) is 5.91 Å². The second-order valence-corrected chi connectivity index (χ2v) is 7.66. The van der Waals surface area contributed by atoms with E-state index >= 15 is 0 Å². The molecule has 0 saturated carbocycles. The van der Waals surface area contributed by atoms with Gasteiger partial charge in [0.1, 0.15) is 6.61 Å². The van der Waals surface area contributed by atoms with Crippen LogP contribution in [0.4, 0.5) is 4.39 Å². The number of thiophene rings is 1. The maximum absolute atomic E-state index is 14.1. The summed E-state index contributed by atoms with van der Waals surface area (Å²) < 4.78 is 25.0. The molecule has 0 unspecified atom stereocenters. The molecule has 1 fully saturated rings. The van der Waals surface area contributed by atoms with Crippen LogP contribution in [0.15, 0.2) is 18.2 Å². The fraction of sp³-hybridized carbons (Fsp3) is 0.389. The molecule has 8 heteroatoms. The van der Waals surface area contributed by atoms with Crippen molar-refractivity contribution in [3.05, 3.63) is 39.5 Å². The van der Waals surface area contributed by atoms with E-state index in [9.17, 15) is 9.18 Å². The Morgan fingerprint density at radius 2 is 2.15 bits per heavy atom. The van der Waals surface area contributed by atoms with Gasteiger partial charge >= 0.3 is 0 Å². The van der Waals surface area contributed by atoms with Crippen LogP contribution in [-0.4, -0.2) is 50.2 Å². The average molecular weight is 397 g/mol. The molecule has 2 aliphatic rings. The molecule has 26 heavy (non-hydrogen) atoms. The van der Waals surface area contributed by atoms with Crippen molar-refractivity contribution in [1.29, 1.82) is 0 Å². The van der Waals surface area contributed by atoms with E-state index in [2.05, 4.69) is 10.2 Å². The highest BCUT2D eigenvalue weighted by atomic mass is 35.5. The molecule has 138 valence electrons. The van der Waals surface area contributed by atoms with Crippen molar-refractivity contribution in [1.82, 2.24) is 10.2 Å². The highest BCUT2D eigenvalue weighted by molar-refractivity contribution is 7.17. The molecule has 0 atom stereocenters. The molecule has 3 heterocycles. The zero-order valence-corrected chi connectivity index (χ0v) is 15.6. The SMILES string of the molecule is O=C(NCCN1CCOCC1)c1cc2c(s1)-c1ccc(Cl)c(F)c1OC2.